The van der Waals surface area contributed by atoms with Gasteiger partial charge in [0.15, 0.2) is 17.4 Å². The number of rotatable bonds is 13. The summed E-state index contributed by atoms with van der Waals surface area (Å²) in [6.07, 6.45) is -4.03. The third-order valence-electron chi connectivity index (χ3n) is 8.19. The molecule has 0 aliphatic carbocycles. The number of anilines is 1. The molecule has 294 valence electrons. The molecular weight excluding hydrogens is 791 g/mol. The summed E-state index contributed by atoms with van der Waals surface area (Å²) in [5.41, 5.74) is 5.95. The minimum Gasteiger partial charge on any atom is -0.387 e. The van der Waals surface area contributed by atoms with E-state index in [0.717, 1.165) is 0 Å². The van der Waals surface area contributed by atoms with Gasteiger partial charge in [0.25, 0.3) is 16.7 Å². The maximum atomic E-state index is 13.1. The number of methoxy groups -OCH3 is 1. The molecule has 2 aliphatic heterocycles. The van der Waals surface area contributed by atoms with E-state index in [2.05, 4.69) is 33.5 Å². The number of aryl methyl sites for hydroxylation is 2. The standard InChI is InChI=1S/C25H32N9O17P3/c1-5-52(40,46-6-11-15(35)16(36)23(48-11)34-9-32(3)14-20(34)30-25(26)31-22(14)39)50-54(43,44)51-53(41,42)47-7-12-18(45-4)17(37)24(49-12)33-8-27-13-19(33)28-10(2)29-21(13)38/h1,8-9,11-12,15-18,23-24,35-37H,6-7H2,2-4H3,(H5-,26,28,29,30,31,38,39,41,42,43,44)/p+1/t11-,12-,15+,16?,17+,18?,23-,24-,52?/m1/s1. The summed E-state index contributed by atoms with van der Waals surface area (Å²) < 4.78 is 77.5. The molecule has 29 heteroatoms. The number of nitrogens with zero attached hydrogens (tertiary/aromatic N) is 6. The number of nitrogens with two attached hydrogens (primary N) is 1. The lowest BCUT2D eigenvalue weighted by molar-refractivity contribution is -0.646. The molecule has 9 N–H and O–H groups in total. The number of hydrogen-bond acceptors (Lipinski definition) is 19. The maximum absolute atomic E-state index is 13.1. The lowest BCUT2D eigenvalue weighted by atomic mass is 10.1. The van der Waals surface area contributed by atoms with Crippen molar-refractivity contribution in [1.29, 1.82) is 0 Å². The highest BCUT2D eigenvalue weighted by atomic mass is 31.3. The molecule has 0 saturated carbocycles. The zero-order valence-corrected chi connectivity index (χ0v) is 30.7. The highest BCUT2D eigenvalue weighted by Crippen LogP contribution is 2.68. The zero-order valence-electron chi connectivity index (χ0n) is 28.0. The fraction of sp³-hybridized carbons (Fsp3) is 0.520. The number of aliphatic hydroxyl groups is 3. The first-order chi connectivity index (χ1) is 25.3. The molecule has 4 aromatic rings. The topological polar surface area (TPSA) is 361 Å². The van der Waals surface area contributed by atoms with Crippen molar-refractivity contribution < 1.29 is 75.2 Å². The Balaban J connectivity index is 1.08. The lowest BCUT2D eigenvalue weighted by Gasteiger charge is -2.22. The predicted molar refractivity (Wildman–Crippen MR) is 176 cm³/mol. The number of aromatic amines is 2. The Morgan fingerprint density at radius 3 is 2.30 bits per heavy atom. The summed E-state index contributed by atoms with van der Waals surface area (Å²) in [4.78, 5) is 62.1. The number of terminal acetylenes is 1. The van der Waals surface area contributed by atoms with Crippen LogP contribution in [0.1, 0.15) is 18.3 Å². The van der Waals surface area contributed by atoms with Gasteiger partial charge in [-0.1, -0.05) is 0 Å². The summed E-state index contributed by atoms with van der Waals surface area (Å²) in [5, 5.41) is 32.2. The first kappa shape index (κ1) is 39.9. The molecule has 2 saturated heterocycles. The van der Waals surface area contributed by atoms with Gasteiger partial charge < -0.3 is 50.0 Å². The van der Waals surface area contributed by atoms with Gasteiger partial charge in [0.2, 0.25) is 18.5 Å². The van der Waals surface area contributed by atoms with Crippen molar-refractivity contribution in [2.75, 3.05) is 26.1 Å². The van der Waals surface area contributed by atoms with Crippen LogP contribution in [0, 0.1) is 19.0 Å². The molecule has 0 aromatic carbocycles. The Hall–Kier alpha value is -3.73. The Morgan fingerprint density at radius 2 is 1.61 bits per heavy atom. The number of phosphoric ester groups is 1. The van der Waals surface area contributed by atoms with Crippen molar-refractivity contribution in [1.82, 2.24) is 34.1 Å². The van der Waals surface area contributed by atoms with Gasteiger partial charge in [-0.2, -0.15) is 18.2 Å². The van der Waals surface area contributed by atoms with Crippen molar-refractivity contribution >= 4 is 51.5 Å². The van der Waals surface area contributed by atoms with Crippen LogP contribution < -0.4 is 21.4 Å². The van der Waals surface area contributed by atoms with E-state index in [1.807, 2.05) is 0 Å². The Labute approximate surface area is 301 Å². The van der Waals surface area contributed by atoms with Crippen LogP contribution in [0.2, 0.25) is 0 Å². The number of nitrogens with one attached hydrogen (secondary N) is 2. The highest BCUT2D eigenvalue weighted by molar-refractivity contribution is 7.70. The first-order valence-corrected chi connectivity index (χ1v) is 19.8. The van der Waals surface area contributed by atoms with E-state index >= 15 is 0 Å². The van der Waals surface area contributed by atoms with Crippen LogP contribution in [-0.4, -0.2) is 116 Å². The molecule has 0 amide bonds. The summed E-state index contributed by atoms with van der Waals surface area (Å²) in [7, 11) is -13.9. The molecule has 6 rings (SSSR count). The predicted octanol–water partition coefficient (Wildman–Crippen LogP) is -2.48. The lowest BCUT2D eigenvalue weighted by Crippen LogP contribution is -2.35. The highest BCUT2D eigenvalue weighted by Gasteiger charge is 2.51. The number of nitrogen functional groups attached to an aromatic ring is 1. The zero-order chi connectivity index (χ0) is 39.5. The van der Waals surface area contributed by atoms with Crippen molar-refractivity contribution in [3.63, 3.8) is 0 Å². The SMILES string of the molecule is C#CP(=O)(OC[C@H]1O[C@@H](n2c[n+](C)c3c(=O)[nH]c(N)nc32)C(O)[C@H]1O)OP(=O)(O)OP(=O)(O)OC[C@H]1O[C@@H](n2cnc3c(=O)[nH]c(C)nc32)[C@@H](O)C1OC. The average Bonchev–Trinajstić information content (AvgIpc) is 3.80. The van der Waals surface area contributed by atoms with E-state index in [4.69, 9.17) is 35.4 Å². The van der Waals surface area contributed by atoms with Crippen molar-refractivity contribution in [3.8, 4) is 12.1 Å². The van der Waals surface area contributed by atoms with E-state index < -0.39 is 96.7 Å². The van der Waals surface area contributed by atoms with Gasteiger partial charge in [-0.15, -0.1) is 6.42 Å². The Bertz CT molecular complexity index is 2390. The van der Waals surface area contributed by atoms with Crippen LogP contribution in [-0.2, 0) is 52.6 Å². The molecule has 4 aromatic heterocycles. The normalized spacial score (nSPS) is 29.2. The van der Waals surface area contributed by atoms with E-state index in [1.165, 1.54) is 53.1 Å². The third kappa shape index (κ3) is 7.71. The first-order valence-electron chi connectivity index (χ1n) is 15.3. The summed E-state index contributed by atoms with van der Waals surface area (Å²) in [5.74, 6) is -0.0261. The fourth-order valence-corrected chi connectivity index (χ4v) is 9.71. The largest absolute Gasteiger partial charge is 0.489 e. The molecule has 0 radical (unpaired) electrons. The van der Waals surface area contributed by atoms with Crippen molar-refractivity contribution in [3.05, 3.63) is 39.2 Å². The monoisotopic (exact) mass is 824 g/mol. The van der Waals surface area contributed by atoms with Gasteiger partial charge in [-0.05, 0) is 6.92 Å². The van der Waals surface area contributed by atoms with Crippen LogP contribution in [0.4, 0.5) is 5.95 Å². The van der Waals surface area contributed by atoms with E-state index in [0.29, 0.717) is 0 Å². The maximum Gasteiger partial charge on any atom is 0.489 e. The number of aromatic nitrogens is 8. The minimum absolute atomic E-state index is 0.0339. The van der Waals surface area contributed by atoms with Gasteiger partial charge in [-0.3, -0.25) is 28.2 Å². The molecule has 26 nitrogen and oxygen atoms in total. The number of phosphoric acid groups is 2. The van der Waals surface area contributed by atoms with Crippen molar-refractivity contribution in [2.45, 2.75) is 56.0 Å². The number of aliphatic hydroxyl groups excluding tert-OH is 3. The van der Waals surface area contributed by atoms with E-state index in [-0.39, 0.29) is 34.1 Å². The summed E-state index contributed by atoms with van der Waals surface area (Å²) in [6, 6.07) is 0. The molecular formula is C25H33N9O17P3+. The number of H-pyrrole nitrogens is 2. The minimum atomic E-state index is -5.87. The van der Waals surface area contributed by atoms with Gasteiger partial charge in [0.1, 0.15) is 42.4 Å². The smallest absolute Gasteiger partial charge is 0.387 e. The van der Waals surface area contributed by atoms with Crippen LogP contribution in [0.3, 0.4) is 0 Å². The second-order valence-electron chi connectivity index (χ2n) is 11.9. The number of hydrogen-bond donors (Lipinski definition) is 8. The molecule has 54 heavy (non-hydrogen) atoms. The van der Waals surface area contributed by atoms with Gasteiger partial charge >= 0.3 is 28.8 Å². The molecule has 0 spiro atoms. The summed E-state index contributed by atoms with van der Waals surface area (Å²) in [6.45, 7) is -0.339. The van der Waals surface area contributed by atoms with Gasteiger partial charge in [0, 0.05) is 12.8 Å². The fourth-order valence-electron chi connectivity index (χ4n) is 5.88. The van der Waals surface area contributed by atoms with Gasteiger partial charge in [0.05, 0.1) is 26.6 Å². The van der Waals surface area contributed by atoms with Crippen LogP contribution >= 0.6 is 23.2 Å². The summed E-state index contributed by atoms with van der Waals surface area (Å²) >= 11 is 0. The van der Waals surface area contributed by atoms with Gasteiger partial charge in [-0.25, -0.2) is 28.2 Å². The van der Waals surface area contributed by atoms with E-state index in [1.54, 1.807) is 0 Å². The third-order valence-corrected chi connectivity index (χ3v) is 12.8. The number of ether oxygens (including phenoxy) is 3. The van der Waals surface area contributed by atoms with Crippen LogP contribution in [0.15, 0.2) is 22.2 Å². The second kappa shape index (κ2) is 14.7. The quantitative estimate of drug-likeness (QED) is 0.0393. The molecule has 2 aliphatic rings. The Kier molecular flexibility index (Phi) is 10.9. The van der Waals surface area contributed by atoms with Crippen LogP contribution in [0.5, 0.6) is 0 Å². The number of fused-ring (bicyclic) bond motifs is 2. The Morgan fingerprint density at radius 1 is 0.944 bits per heavy atom. The van der Waals surface area contributed by atoms with E-state index in [9.17, 15) is 48.4 Å². The second-order valence-corrected chi connectivity index (χ2v) is 16.8. The molecule has 0 bridgehead atoms. The molecule has 11 atom stereocenters. The van der Waals surface area contributed by atoms with Crippen molar-refractivity contribution in [2.24, 2.45) is 7.05 Å². The molecule has 5 unspecified atom stereocenters. The molecule has 2 fully saturated rings. The average molecular weight is 825 g/mol. The molecule has 6 heterocycles. The number of imidazole rings is 2. The van der Waals surface area contributed by atoms with Crippen LogP contribution in [0.25, 0.3) is 22.3 Å².